The first kappa shape index (κ1) is 21.2. The largest absolute Gasteiger partial charge is 0.370 e. The highest BCUT2D eigenvalue weighted by atomic mass is 16.1. The molecule has 0 aromatic heterocycles. The SMILES string of the molecule is CCNC(=NCCCN(C)Cc1ccccc1)N1CCCC(CC(N)=O)C1. The number of nitrogens with one attached hydrogen (secondary N) is 1. The number of carbonyl (C=O) groups is 1. The van der Waals surface area contributed by atoms with E-state index in [0.29, 0.717) is 12.3 Å². The number of guanidine groups is 1. The zero-order chi connectivity index (χ0) is 19.5. The Hall–Kier alpha value is -2.08. The lowest BCUT2D eigenvalue weighted by molar-refractivity contribution is -0.119. The molecular weight excluding hydrogens is 338 g/mol. The molecule has 0 radical (unpaired) electrons. The first-order valence-electron chi connectivity index (χ1n) is 10.1. The van der Waals surface area contributed by atoms with E-state index in [1.165, 1.54) is 5.56 Å². The van der Waals surface area contributed by atoms with Gasteiger partial charge in [0.1, 0.15) is 0 Å². The Bertz CT molecular complexity index is 589. The highest BCUT2D eigenvalue weighted by Crippen LogP contribution is 2.19. The molecule has 0 bridgehead atoms. The summed E-state index contributed by atoms with van der Waals surface area (Å²) < 4.78 is 0. The van der Waals surface area contributed by atoms with Gasteiger partial charge in [0.2, 0.25) is 5.91 Å². The molecule has 1 saturated heterocycles. The van der Waals surface area contributed by atoms with Crippen LogP contribution in [0.3, 0.4) is 0 Å². The second-order valence-electron chi connectivity index (χ2n) is 7.44. The number of rotatable bonds is 9. The van der Waals surface area contributed by atoms with Gasteiger partial charge in [-0.1, -0.05) is 30.3 Å². The summed E-state index contributed by atoms with van der Waals surface area (Å²) in [5.74, 6) is 1.11. The van der Waals surface area contributed by atoms with Crippen molar-refractivity contribution >= 4 is 11.9 Å². The van der Waals surface area contributed by atoms with Crippen molar-refractivity contribution in [2.75, 3.05) is 39.8 Å². The van der Waals surface area contributed by atoms with Crippen LogP contribution in [-0.2, 0) is 11.3 Å². The van der Waals surface area contributed by atoms with Gasteiger partial charge in [-0.05, 0) is 51.3 Å². The van der Waals surface area contributed by atoms with E-state index in [4.69, 9.17) is 10.7 Å². The van der Waals surface area contributed by atoms with Crippen LogP contribution in [0.2, 0.25) is 0 Å². The molecule has 3 N–H and O–H groups in total. The van der Waals surface area contributed by atoms with Crippen molar-refractivity contribution in [3.63, 3.8) is 0 Å². The quantitative estimate of drug-likeness (QED) is 0.395. The van der Waals surface area contributed by atoms with Gasteiger partial charge < -0.3 is 20.9 Å². The van der Waals surface area contributed by atoms with Crippen LogP contribution in [-0.4, -0.2) is 61.4 Å². The van der Waals surface area contributed by atoms with Crippen molar-refractivity contribution in [3.8, 4) is 0 Å². The monoisotopic (exact) mass is 373 g/mol. The minimum absolute atomic E-state index is 0.203. The van der Waals surface area contributed by atoms with Crippen LogP contribution >= 0.6 is 0 Å². The van der Waals surface area contributed by atoms with E-state index in [0.717, 1.165) is 64.5 Å². The molecule has 1 aromatic carbocycles. The molecular formula is C21H35N5O. The van der Waals surface area contributed by atoms with Gasteiger partial charge in [-0.2, -0.15) is 0 Å². The van der Waals surface area contributed by atoms with E-state index < -0.39 is 0 Å². The van der Waals surface area contributed by atoms with Crippen LogP contribution in [0.25, 0.3) is 0 Å². The Morgan fingerprint density at radius 1 is 1.37 bits per heavy atom. The molecule has 0 aliphatic carbocycles. The molecule has 1 heterocycles. The van der Waals surface area contributed by atoms with Gasteiger partial charge >= 0.3 is 0 Å². The van der Waals surface area contributed by atoms with Crippen molar-refractivity contribution in [1.29, 1.82) is 0 Å². The number of hydrogen-bond acceptors (Lipinski definition) is 3. The summed E-state index contributed by atoms with van der Waals surface area (Å²) in [6.45, 7) is 7.58. The Labute approximate surface area is 163 Å². The van der Waals surface area contributed by atoms with E-state index in [9.17, 15) is 4.79 Å². The lowest BCUT2D eigenvalue weighted by Gasteiger charge is -2.34. The minimum Gasteiger partial charge on any atom is -0.370 e. The number of benzene rings is 1. The Morgan fingerprint density at radius 2 is 2.15 bits per heavy atom. The number of primary amides is 1. The standard InChI is InChI=1S/C21H35N5O/c1-3-23-21(26-14-7-11-19(17-26)15-20(22)27)24-12-8-13-25(2)16-18-9-5-4-6-10-18/h4-6,9-10,19H,3,7-8,11-17H2,1-2H3,(H2,22,27)(H,23,24). The fourth-order valence-electron chi connectivity index (χ4n) is 3.63. The molecule has 6 heteroatoms. The fourth-order valence-corrected chi connectivity index (χ4v) is 3.63. The maximum Gasteiger partial charge on any atom is 0.217 e. The summed E-state index contributed by atoms with van der Waals surface area (Å²) in [7, 11) is 2.15. The first-order valence-corrected chi connectivity index (χ1v) is 10.1. The number of piperidine rings is 1. The van der Waals surface area contributed by atoms with Crippen LogP contribution in [0, 0.1) is 5.92 Å². The summed E-state index contributed by atoms with van der Waals surface area (Å²) in [6, 6.07) is 10.5. The van der Waals surface area contributed by atoms with Crippen molar-refractivity contribution in [2.24, 2.45) is 16.6 Å². The number of nitrogens with zero attached hydrogens (tertiary/aromatic N) is 3. The molecule has 1 aliphatic heterocycles. The Morgan fingerprint density at radius 3 is 2.85 bits per heavy atom. The number of aliphatic imine (C=N–C) groups is 1. The zero-order valence-corrected chi connectivity index (χ0v) is 16.9. The van der Waals surface area contributed by atoms with E-state index >= 15 is 0 Å². The van der Waals surface area contributed by atoms with Crippen molar-refractivity contribution in [1.82, 2.24) is 15.1 Å². The number of hydrogen-bond donors (Lipinski definition) is 2. The van der Waals surface area contributed by atoms with Crippen LogP contribution in [0.4, 0.5) is 0 Å². The van der Waals surface area contributed by atoms with E-state index in [2.05, 4.69) is 59.4 Å². The maximum atomic E-state index is 11.2. The average Bonchev–Trinajstić information content (AvgIpc) is 2.65. The molecule has 1 amide bonds. The topological polar surface area (TPSA) is 74.0 Å². The minimum atomic E-state index is -0.203. The predicted molar refractivity (Wildman–Crippen MR) is 111 cm³/mol. The van der Waals surface area contributed by atoms with Gasteiger partial charge in [-0.3, -0.25) is 9.79 Å². The summed E-state index contributed by atoms with van der Waals surface area (Å²) in [6.07, 6.45) is 3.66. The third-order valence-electron chi connectivity index (χ3n) is 4.90. The summed E-state index contributed by atoms with van der Waals surface area (Å²) in [5, 5.41) is 3.40. The first-order chi connectivity index (χ1) is 13.1. The molecule has 6 nitrogen and oxygen atoms in total. The molecule has 1 aliphatic rings. The van der Waals surface area contributed by atoms with Crippen molar-refractivity contribution < 1.29 is 4.79 Å². The van der Waals surface area contributed by atoms with Crippen molar-refractivity contribution in [2.45, 2.75) is 39.2 Å². The average molecular weight is 374 g/mol. The van der Waals surface area contributed by atoms with Gasteiger partial charge in [0.15, 0.2) is 5.96 Å². The molecule has 1 atom stereocenters. The van der Waals surface area contributed by atoms with Crippen LogP contribution in [0.5, 0.6) is 0 Å². The molecule has 1 fully saturated rings. The van der Waals surface area contributed by atoms with Crippen LogP contribution < -0.4 is 11.1 Å². The van der Waals surface area contributed by atoms with Crippen LogP contribution in [0.1, 0.15) is 38.2 Å². The number of likely N-dealkylation sites (tertiary alicyclic amines) is 1. The van der Waals surface area contributed by atoms with Gasteiger partial charge in [0.05, 0.1) is 0 Å². The normalized spacial score (nSPS) is 18.0. The molecule has 2 rings (SSSR count). The van der Waals surface area contributed by atoms with Crippen molar-refractivity contribution in [3.05, 3.63) is 35.9 Å². The molecule has 27 heavy (non-hydrogen) atoms. The zero-order valence-electron chi connectivity index (χ0n) is 16.9. The summed E-state index contributed by atoms with van der Waals surface area (Å²) in [4.78, 5) is 20.7. The van der Waals surface area contributed by atoms with Crippen LogP contribution in [0.15, 0.2) is 35.3 Å². The predicted octanol–water partition coefficient (Wildman–Crippen LogP) is 2.06. The lowest BCUT2D eigenvalue weighted by Crippen LogP contribution is -2.47. The van der Waals surface area contributed by atoms with Gasteiger partial charge in [0.25, 0.3) is 0 Å². The molecule has 1 unspecified atom stereocenters. The van der Waals surface area contributed by atoms with Gasteiger partial charge in [0, 0.05) is 39.1 Å². The Kier molecular flexibility index (Phi) is 9.11. The smallest absolute Gasteiger partial charge is 0.217 e. The third-order valence-corrected chi connectivity index (χ3v) is 4.90. The van der Waals surface area contributed by atoms with Gasteiger partial charge in [-0.15, -0.1) is 0 Å². The maximum absolute atomic E-state index is 11.2. The molecule has 150 valence electrons. The molecule has 0 spiro atoms. The third kappa shape index (κ3) is 7.99. The molecule has 0 saturated carbocycles. The van der Waals surface area contributed by atoms with E-state index in [-0.39, 0.29) is 5.91 Å². The second-order valence-corrected chi connectivity index (χ2v) is 7.44. The number of amides is 1. The lowest BCUT2D eigenvalue weighted by atomic mass is 9.95. The number of carbonyl (C=O) groups excluding carboxylic acids is 1. The number of nitrogens with two attached hydrogens (primary N) is 1. The second kappa shape index (κ2) is 11.6. The summed E-state index contributed by atoms with van der Waals surface area (Å²) >= 11 is 0. The summed E-state index contributed by atoms with van der Waals surface area (Å²) in [5.41, 5.74) is 6.72. The Balaban J connectivity index is 1.79. The molecule has 1 aromatic rings. The highest BCUT2D eigenvalue weighted by Gasteiger charge is 2.23. The highest BCUT2D eigenvalue weighted by molar-refractivity contribution is 5.80. The van der Waals surface area contributed by atoms with E-state index in [1.807, 2.05) is 0 Å². The fraction of sp³-hybridized carbons (Fsp3) is 0.619. The van der Waals surface area contributed by atoms with E-state index in [1.54, 1.807) is 0 Å². The van der Waals surface area contributed by atoms with Gasteiger partial charge in [-0.25, -0.2) is 0 Å².